The van der Waals surface area contributed by atoms with E-state index in [1.54, 1.807) is 0 Å². The van der Waals surface area contributed by atoms with Crippen LogP contribution in [0.5, 0.6) is 0 Å². The minimum Gasteiger partial charge on any atom is -0.312 e. The molecule has 3 aliphatic heterocycles. The molecule has 0 bridgehead atoms. The molecule has 0 saturated carbocycles. The number of aliphatic imine (C=N–C) groups is 1. The normalized spacial score (nSPS) is 19.0. The highest BCUT2D eigenvalue weighted by Crippen LogP contribution is 2.54. The average Bonchev–Trinajstić information content (AvgIpc) is 3.39. The number of rotatable bonds is 2. The Morgan fingerprint density at radius 3 is 2.30 bits per heavy atom. The van der Waals surface area contributed by atoms with Crippen molar-refractivity contribution in [2.45, 2.75) is 38.5 Å². The maximum absolute atomic E-state index is 4.69. The second kappa shape index (κ2) is 8.83. The summed E-state index contributed by atoms with van der Waals surface area (Å²) >= 11 is 0. The number of allylic oxidation sites excluding steroid dienone is 1. The topological polar surface area (TPSA) is 20.5 Å². The molecule has 1 aromatic heterocycles. The zero-order valence-corrected chi connectivity index (χ0v) is 25.7. The number of para-hydroxylation sites is 2. The van der Waals surface area contributed by atoms with Crippen molar-refractivity contribution in [3.8, 4) is 11.1 Å². The second-order valence-corrected chi connectivity index (χ2v) is 13.7. The fourth-order valence-corrected chi connectivity index (χ4v) is 8.30. The van der Waals surface area contributed by atoms with Gasteiger partial charge < -0.3 is 9.47 Å². The van der Waals surface area contributed by atoms with Gasteiger partial charge in [-0.05, 0) is 70.3 Å². The van der Waals surface area contributed by atoms with E-state index < -0.39 is 0 Å². The van der Waals surface area contributed by atoms with Gasteiger partial charge in [0.25, 0.3) is 0 Å². The first-order valence-corrected chi connectivity index (χ1v) is 15.7. The number of aromatic nitrogens is 1. The third-order valence-corrected chi connectivity index (χ3v) is 10.7. The van der Waals surface area contributed by atoms with Gasteiger partial charge in [0.05, 0.1) is 22.4 Å². The summed E-state index contributed by atoms with van der Waals surface area (Å²) in [6.45, 7) is 10.3. The van der Waals surface area contributed by atoms with Crippen molar-refractivity contribution in [3.05, 3.63) is 132 Å². The highest BCUT2D eigenvalue weighted by molar-refractivity contribution is 6.14. The molecule has 5 aromatic carbocycles. The fourth-order valence-electron chi connectivity index (χ4n) is 8.30. The number of nitrogens with zero attached hydrogens (tertiary/aromatic N) is 3. The number of benzene rings is 5. The summed E-state index contributed by atoms with van der Waals surface area (Å²) in [5.41, 5.74) is 14.1. The van der Waals surface area contributed by atoms with E-state index in [4.69, 9.17) is 4.99 Å². The molecule has 0 radical (unpaired) electrons. The molecule has 0 amide bonds. The van der Waals surface area contributed by atoms with Crippen LogP contribution >= 0.6 is 0 Å². The van der Waals surface area contributed by atoms with Crippen LogP contribution in [0.1, 0.15) is 44.4 Å². The van der Waals surface area contributed by atoms with Crippen LogP contribution in [0.3, 0.4) is 0 Å². The van der Waals surface area contributed by atoms with Crippen LogP contribution in [0, 0.1) is 5.92 Å². The largest absolute Gasteiger partial charge is 0.312 e. The number of dihydropyridines is 1. The Kier molecular flexibility index (Phi) is 5.13. The van der Waals surface area contributed by atoms with Crippen molar-refractivity contribution in [2.75, 3.05) is 11.4 Å². The van der Waals surface area contributed by atoms with Gasteiger partial charge in [0.15, 0.2) is 0 Å². The highest BCUT2D eigenvalue weighted by atomic mass is 15.2. The first kappa shape index (κ1) is 25.6. The van der Waals surface area contributed by atoms with E-state index in [0.717, 1.165) is 6.54 Å². The van der Waals surface area contributed by atoms with Gasteiger partial charge in [0.2, 0.25) is 0 Å². The van der Waals surface area contributed by atoms with Gasteiger partial charge in [-0.3, -0.25) is 4.99 Å². The number of hydrogen-bond acceptors (Lipinski definition) is 2. The van der Waals surface area contributed by atoms with Crippen LogP contribution in [-0.2, 0) is 10.8 Å². The zero-order valence-electron chi connectivity index (χ0n) is 25.7. The maximum Gasteiger partial charge on any atom is 0.0575 e. The molecule has 1 unspecified atom stereocenters. The van der Waals surface area contributed by atoms with Crippen LogP contribution in [-0.4, -0.2) is 17.3 Å². The molecule has 0 fully saturated rings. The molecule has 0 aliphatic carbocycles. The molecule has 44 heavy (non-hydrogen) atoms. The monoisotopic (exact) mass is 569 g/mol. The van der Waals surface area contributed by atoms with Gasteiger partial charge >= 0.3 is 0 Å². The predicted octanol–water partition coefficient (Wildman–Crippen LogP) is 10.4. The van der Waals surface area contributed by atoms with E-state index in [9.17, 15) is 0 Å². The minimum atomic E-state index is -0.142. The van der Waals surface area contributed by atoms with E-state index in [-0.39, 0.29) is 10.8 Å². The van der Waals surface area contributed by atoms with Crippen LogP contribution in [0.25, 0.3) is 38.6 Å². The molecular weight excluding hydrogens is 534 g/mol. The van der Waals surface area contributed by atoms with E-state index in [0.29, 0.717) is 5.92 Å². The van der Waals surface area contributed by atoms with Gasteiger partial charge in [-0.2, -0.15) is 0 Å². The molecule has 0 spiro atoms. The van der Waals surface area contributed by atoms with E-state index in [1.165, 1.54) is 72.4 Å². The Morgan fingerprint density at radius 2 is 1.43 bits per heavy atom. The van der Waals surface area contributed by atoms with Crippen molar-refractivity contribution < 1.29 is 0 Å². The van der Waals surface area contributed by atoms with E-state index >= 15 is 0 Å². The van der Waals surface area contributed by atoms with Gasteiger partial charge in [0.1, 0.15) is 0 Å². The van der Waals surface area contributed by atoms with Crippen LogP contribution < -0.4 is 4.90 Å². The molecule has 9 rings (SSSR count). The molecule has 214 valence electrons. The van der Waals surface area contributed by atoms with Crippen LogP contribution in [0.4, 0.5) is 17.1 Å². The van der Waals surface area contributed by atoms with Gasteiger partial charge in [0, 0.05) is 51.7 Å². The van der Waals surface area contributed by atoms with Crippen LogP contribution in [0.2, 0.25) is 0 Å². The van der Waals surface area contributed by atoms with Gasteiger partial charge in [-0.1, -0.05) is 100 Å². The predicted molar refractivity (Wildman–Crippen MR) is 186 cm³/mol. The summed E-state index contributed by atoms with van der Waals surface area (Å²) in [6, 6.07) is 40.7. The molecule has 6 aromatic rings. The Balaban J connectivity index is 1.30. The Labute approximate surface area is 258 Å². The Bertz CT molecular complexity index is 2210. The third kappa shape index (κ3) is 3.30. The SMILES string of the molecule is CC1(C)c2ccccc2N(c2ccc3c(c2)c2cccc4c2n3C2=CC=NCC2C4(C)C)c2ccc(-c3ccccc3)cc21. The quantitative estimate of drug-likeness (QED) is 0.203. The highest BCUT2D eigenvalue weighted by Gasteiger charge is 2.42. The van der Waals surface area contributed by atoms with Crippen molar-refractivity contribution in [1.82, 2.24) is 4.57 Å². The average molecular weight is 570 g/mol. The molecule has 3 nitrogen and oxygen atoms in total. The van der Waals surface area contributed by atoms with Crippen molar-refractivity contribution in [3.63, 3.8) is 0 Å². The summed E-state index contributed by atoms with van der Waals surface area (Å²) in [5, 5.41) is 2.61. The lowest BCUT2D eigenvalue weighted by Crippen LogP contribution is -2.38. The first-order chi connectivity index (χ1) is 21.4. The molecule has 3 heteroatoms. The summed E-state index contributed by atoms with van der Waals surface area (Å²) in [4.78, 5) is 7.17. The number of fused-ring (bicyclic) bond motifs is 7. The molecule has 0 N–H and O–H groups in total. The van der Waals surface area contributed by atoms with Gasteiger partial charge in [-0.25, -0.2) is 0 Å². The lowest BCUT2D eigenvalue weighted by Gasteiger charge is -2.42. The number of anilines is 3. The third-order valence-electron chi connectivity index (χ3n) is 10.7. The standard InChI is InChI=1S/C41H35N3/c1-40(2)31-14-8-9-16-36(31)43(37-19-17-27(23-33(37)40)26-11-6-5-7-12-26)28-18-20-35-30(24-28)29-13-10-15-32-39(29)44(35)38-21-22-42-25-34(38)41(32,3)4/h5-24,34H,25H2,1-4H3. The first-order valence-electron chi connectivity index (χ1n) is 15.7. The van der Waals surface area contributed by atoms with Crippen molar-refractivity contribution >= 4 is 50.8 Å². The lowest BCUT2D eigenvalue weighted by molar-refractivity contribution is 0.385. The summed E-state index contributed by atoms with van der Waals surface area (Å²) in [6.07, 6.45) is 4.23. The zero-order chi connectivity index (χ0) is 29.8. The van der Waals surface area contributed by atoms with Crippen molar-refractivity contribution in [2.24, 2.45) is 10.9 Å². The number of hydrogen-bond donors (Lipinski definition) is 0. The summed E-state index contributed by atoms with van der Waals surface area (Å²) in [7, 11) is 0. The molecule has 4 heterocycles. The lowest BCUT2D eigenvalue weighted by atomic mass is 9.69. The van der Waals surface area contributed by atoms with Crippen LogP contribution in [0.15, 0.2) is 120 Å². The summed E-state index contributed by atoms with van der Waals surface area (Å²) in [5.74, 6) is 0.350. The maximum atomic E-state index is 4.69. The van der Waals surface area contributed by atoms with E-state index in [1.807, 2.05) is 6.21 Å². The molecular formula is C41H35N3. The second-order valence-electron chi connectivity index (χ2n) is 13.7. The van der Waals surface area contributed by atoms with Crippen molar-refractivity contribution in [1.29, 1.82) is 0 Å². The Morgan fingerprint density at radius 1 is 0.659 bits per heavy atom. The van der Waals surface area contributed by atoms with E-state index in [2.05, 4.69) is 152 Å². The Hall–Kier alpha value is -4.89. The minimum absolute atomic E-state index is 0.00308. The fraction of sp³-hybridized carbons (Fsp3) is 0.195. The molecule has 1 atom stereocenters. The smallest absolute Gasteiger partial charge is 0.0575 e. The van der Waals surface area contributed by atoms with Gasteiger partial charge in [-0.15, -0.1) is 0 Å². The molecule has 0 saturated heterocycles. The summed E-state index contributed by atoms with van der Waals surface area (Å²) < 4.78 is 2.53. The molecule has 3 aliphatic rings.